The molecule has 1 aromatic rings. The van der Waals surface area contributed by atoms with Gasteiger partial charge in [-0.05, 0) is 41.1 Å². The molecule has 0 spiro atoms. The molecule has 4 nitrogen and oxygen atoms in total. The van der Waals surface area contributed by atoms with Gasteiger partial charge < -0.3 is 9.64 Å². The Morgan fingerprint density at radius 1 is 1.53 bits per heavy atom. The van der Waals surface area contributed by atoms with Gasteiger partial charge in [-0.1, -0.05) is 6.92 Å². The van der Waals surface area contributed by atoms with Gasteiger partial charge in [-0.2, -0.15) is 4.98 Å². The highest BCUT2D eigenvalue weighted by molar-refractivity contribution is 9.10. The molecule has 1 heterocycles. The van der Waals surface area contributed by atoms with E-state index in [4.69, 9.17) is 4.74 Å². The van der Waals surface area contributed by atoms with Crippen LogP contribution < -0.4 is 9.64 Å². The Morgan fingerprint density at radius 3 is 2.88 bits per heavy atom. The van der Waals surface area contributed by atoms with Crippen LogP contribution in [0, 0.1) is 5.92 Å². The van der Waals surface area contributed by atoms with E-state index in [1.807, 2.05) is 0 Å². The Hall–Kier alpha value is -0.840. The highest BCUT2D eigenvalue weighted by Gasteiger charge is 2.25. The summed E-state index contributed by atoms with van der Waals surface area (Å²) in [6.45, 7) is 4.25. The van der Waals surface area contributed by atoms with E-state index < -0.39 is 0 Å². The third-order valence-electron chi connectivity index (χ3n) is 2.84. The molecule has 0 atom stereocenters. The second-order valence-corrected chi connectivity index (χ2v) is 5.27. The Balaban J connectivity index is 2.15. The van der Waals surface area contributed by atoms with E-state index in [9.17, 15) is 0 Å². The van der Waals surface area contributed by atoms with Crippen LogP contribution in [0.5, 0.6) is 5.88 Å². The van der Waals surface area contributed by atoms with E-state index in [1.54, 1.807) is 13.3 Å². The minimum absolute atomic E-state index is 0.604. The van der Waals surface area contributed by atoms with Crippen LogP contribution in [-0.2, 0) is 0 Å². The van der Waals surface area contributed by atoms with Gasteiger partial charge in [0, 0.05) is 13.1 Å². The summed E-state index contributed by atoms with van der Waals surface area (Å²) in [6.07, 6.45) is 5.55. The Bertz CT molecular complexity index is 382. The Morgan fingerprint density at radius 2 is 2.29 bits per heavy atom. The standard InChI is InChI=1S/C12H18BrN3O/c1-3-6-16(8-9-4-5-9)12-14-7-10(13)11(15-12)17-2/h7,9H,3-6,8H2,1-2H3. The van der Waals surface area contributed by atoms with Crippen molar-refractivity contribution >= 4 is 21.9 Å². The fourth-order valence-electron chi connectivity index (χ4n) is 1.79. The number of nitrogens with zero attached hydrogens (tertiary/aromatic N) is 3. The van der Waals surface area contributed by atoms with Crippen LogP contribution in [0.4, 0.5) is 5.95 Å². The summed E-state index contributed by atoms with van der Waals surface area (Å²) in [5.74, 6) is 2.21. The van der Waals surface area contributed by atoms with Crippen LogP contribution in [0.15, 0.2) is 10.7 Å². The molecule has 1 aliphatic rings. The van der Waals surface area contributed by atoms with Gasteiger partial charge in [0.05, 0.1) is 17.8 Å². The fourth-order valence-corrected chi connectivity index (χ4v) is 2.15. The van der Waals surface area contributed by atoms with Crippen molar-refractivity contribution in [2.24, 2.45) is 5.92 Å². The number of halogens is 1. The van der Waals surface area contributed by atoms with Gasteiger partial charge in [0.25, 0.3) is 0 Å². The summed E-state index contributed by atoms with van der Waals surface area (Å²) >= 11 is 3.37. The van der Waals surface area contributed by atoms with Gasteiger partial charge in [-0.15, -0.1) is 0 Å². The zero-order chi connectivity index (χ0) is 12.3. The Labute approximate surface area is 111 Å². The summed E-state index contributed by atoms with van der Waals surface area (Å²) in [5.41, 5.74) is 0. The molecule has 0 amide bonds. The fraction of sp³-hybridized carbons (Fsp3) is 0.667. The quantitative estimate of drug-likeness (QED) is 0.809. The highest BCUT2D eigenvalue weighted by Crippen LogP contribution is 2.31. The first-order valence-electron chi connectivity index (χ1n) is 6.06. The second kappa shape index (κ2) is 5.67. The molecule has 1 aromatic heterocycles. The van der Waals surface area contributed by atoms with E-state index in [0.717, 1.165) is 35.8 Å². The van der Waals surface area contributed by atoms with Gasteiger partial charge in [-0.3, -0.25) is 0 Å². The minimum atomic E-state index is 0.604. The van der Waals surface area contributed by atoms with Crippen molar-refractivity contribution in [2.75, 3.05) is 25.1 Å². The molecule has 0 radical (unpaired) electrons. The zero-order valence-corrected chi connectivity index (χ0v) is 11.9. The highest BCUT2D eigenvalue weighted by atomic mass is 79.9. The summed E-state index contributed by atoms with van der Waals surface area (Å²) < 4.78 is 6.01. The molecule has 0 saturated heterocycles. The van der Waals surface area contributed by atoms with E-state index in [1.165, 1.54) is 12.8 Å². The molecular weight excluding hydrogens is 282 g/mol. The minimum Gasteiger partial charge on any atom is -0.480 e. The topological polar surface area (TPSA) is 38.2 Å². The lowest BCUT2D eigenvalue weighted by Crippen LogP contribution is -2.28. The lowest BCUT2D eigenvalue weighted by Gasteiger charge is -2.22. The van der Waals surface area contributed by atoms with E-state index in [2.05, 4.69) is 37.7 Å². The van der Waals surface area contributed by atoms with Crippen molar-refractivity contribution in [3.8, 4) is 5.88 Å². The van der Waals surface area contributed by atoms with Crippen molar-refractivity contribution in [3.63, 3.8) is 0 Å². The molecule has 0 unspecified atom stereocenters. The van der Waals surface area contributed by atoms with Crippen LogP contribution in [0.1, 0.15) is 26.2 Å². The first-order chi connectivity index (χ1) is 8.24. The number of aromatic nitrogens is 2. The van der Waals surface area contributed by atoms with Crippen LogP contribution in [0.2, 0.25) is 0 Å². The van der Waals surface area contributed by atoms with Crippen molar-refractivity contribution in [2.45, 2.75) is 26.2 Å². The molecule has 0 aromatic carbocycles. The molecule has 0 aliphatic heterocycles. The lowest BCUT2D eigenvalue weighted by molar-refractivity contribution is 0.393. The average molecular weight is 300 g/mol. The molecule has 0 N–H and O–H groups in total. The molecule has 5 heteroatoms. The maximum atomic E-state index is 5.21. The molecule has 17 heavy (non-hydrogen) atoms. The summed E-state index contributed by atoms with van der Waals surface area (Å²) in [4.78, 5) is 11.1. The van der Waals surface area contributed by atoms with E-state index in [-0.39, 0.29) is 0 Å². The monoisotopic (exact) mass is 299 g/mol. The smallest absolute Gasteiger partial charge is 0.232 e. The van der Waals surface area contributed by atoms with E-state index >= 15 is 0 Å². The third-order valence-corrected chi connectivity index (χ3v) is 3.39. The van der Waals surface area contributed by atoms with Gasteiger partial charge in [0.15, 0.2) is 0 Å². The molecule has 1 saturated carbocycles. The zero-order valence-electron chi connectivity index (χ0n) is 10.3. The molecule has 0 bridgehead atoms. The van der Waals surface area contributed by atoms with E-state index in [0.29, 0.717) is 5.88 Å². The van der Waals surface area contributed by atoms with Crippen LogP contribution in [0.25, 0.3) is 0 Å². The number of anilines is 1. The lowest BCUT2D eigenvalue weighted by atomic mass is 10.3. The SMILES string of the molecule is CCCN(CC1CC1)c1ncc(Br)c(OC)n1. The van der Waals surface area contributed by atoms with Crippen LogP contribution in [0.3, 0.4) is 0 Å². The number of methoxy groups -OCH3 is 1. The molecular formula is C12H18BrN3O. The normalized spacial score (nSPS) is 14.8. The number of ether oxygens (including phenoxy) is 1. The van der Waals surface area contributed by atoms with Gasteiger partial charge in [-0.25, -0.2) is 4.98 Å². The maximum Gasteiger partial charge on any atom is 0.232 e. The summed E-state index contributed by atoms with van der Waals surface area (Å²) in [6, 6.07) is 0. The number of hydrogen-bond donors (Lipinski definition) is 0. The van der Waals surface area contributed by atoms with Crippen LogP contribution >= 0.6 is 15.9 Å². The van der Waals surface area contributed by atoms with Gasteiger partial charge >= 0.3 is 0 Å². The maximum absolute atomic E-state index is 5.21. The van der Waals surface area contributed by atoms with Gasteiger partial charge in [0.2, 0.25) is 11.8 Å². The van der Waals surface area contributed by atoms with Crippen molar-refractivity contribution < 1.29 is 4.74 Å². The molecule has 1 fully saturated rings. The van der Waals surface area contributed by atoms with Gasteiger partial charge in [0.1, 0.15) is 0 Å². The summed E-state index contributed by atoms with van der Waals surface area (Å²) in [5, 5.41) is 0. The molecule has 2 rings (SSSR count). The third kappa shape index (κ3) is 3.31. The largest absolute Gasteiger partial charge is 0.480 e. The summed E-state index contributed by atoms with van der Waals surface area (Å²) in [7, 11) is 1.63. The number of hydrogen-bond acceptors (Lipinski definition) is 4. The predicted molar refractivity (Wildman–Crippen MR) is 71.5 cm³/mol. The predicted octanol–water partition coefficient (Wildman–Crippen LogP) is 2.87. The van der Waals surface area contributed by atoms with Crippen molar-refractivity contribution in [1.29, 1.82) is 0 Å². The first kappa shape index (κ1) is 12.6. The molecule has 94 valence electrons. The Kier molecular flexibility index (Phi) is 4.20. The van der Waals surface area contributed by atoms with Crippen LogP contribution in [-0.4, -0.2) is 30.2 Å². The van der Waals surface area contributed by atoms with Crippen molar-refractivity contribution in [1.82, 2.24) is 9.97 Å². The first-order valence-corrected chi connectivity index (χ1v) is 6.85. The average Bonchev–Trinajstić information content (AvgIpc) is 3.13. The number of rotatable bonds is 6. The van der Waals surface area contributed by atoms with Crippen molar-refractivity contribution in [3.05, 3.63) is 10.7 Å². The molecule has 1 aliphatic carbocycles. The second-order valence-electron chi connectivity index (χ2n) is 4.42.